The van der Waals surface area contributed by atoms with Gasteiger partial charge in [0.15, 0.2) is 0 Å². The highest BCUT2D eigenvalue weighted by atomic mass is 127. The molecule has 3 heteroatoms. The highest BCUT2D eigenvalue weighted by Gasteiger charge is 1.93. The Kier molecular flexibility index (Phi) is 2.65. The molecule has 0 aliphatic heterocycles. The molecule has 0 unspecified atom stereocenters. The van der Waals surface area contributed by atoms with Gasteiger partial charge in [0.2, 0.25) is 0 Å². The fraction of sp³-hybridized carbons (Fsp3) is 1.00. The molecule has 0 aromatic rings. The smallest absolute Gasteiger partial charge is 0.0149 e. The summed E-state index contributed by atoms with van der Waals surface area (Å²) >= 11 is 5.82. The lowest BCUT2D eigenvalue weighted by atomic mass is 11.9. The molecule has 0 nitrogen and oxygen atoms in total. The van der Waals surface area contributed by atoms with Gasteiger partial charge in [0, 0.05) is 0 Å². The zero-order valence-corrected chi connectivity index (χ0v) is 7.72. The van der Waals surface area contributed by atoms with E-state index in [0.717, 1.165) is 0 Å². The summed E-state index contributed by atoms with van der Waals surface area (Å²) in [7, 11) is 0. The van der Waals surface area contributed by atoms with E-state index in [9.17, 15) is 0 Å². The molecule has 0 rings (SSSR count). The summed E-state index contributed by atoms with van der Waals surface area (Å²) in [6.45, 7) is 0. The third kappa shape index (κ3) is 29.0. The molecule has 0 spiro atoms. The first-order chi connectivity index (χ1) is 2.00. The van der Waals surface area contributed by atoms with Crippen molar-refractivity contribution in [3.63, 3.8) is 0 Å². The molecule has 5 heavy (non-hydrogen) atoms. The first-order valence-corrected chi connectivity index (χ1v) is 7.96. The van der Waals surface area contributed by atoms with Crippen LogP contribution >= 0.6 is 41.7 Å². The Balaban J connectivity index is 3.02. The summed E-state index contributed by atoms with van der Waals surface area (Å²) < 4.78 is 0. The Morgan fingerprint density at radius 2 is 1.60 bits per heavy atom. The first kappa shape index (κ1) is 6.56. The van der Waals surface area contributed by atoms with Crippen molar-refractivity contribution in [3.05, 3.63) is 0 Å². The van der Waals surface area contributed by atoms with E-state index in [-0.39, 0.29) is 5.63 Å². The molecule has 0 radical (unpaired) electrons. The number of hydrogen-bond donors (Lipinski definition) is 0. The second kappa shape index (κ2) is 2.02. The standard InChI is InChI=1S/C2H6BrIS/c1-5(2,3)4/h1-2H3. The molecule has 0 fully saturated rings. The van der Waals surface area contributed by atoms with Crippen molar-refractivity contribution in [1.29, 1.82) is 0 Å². The van der Waals surface area contributed by atoms with E-state index < -0.39 is 0 Å². The predicted molar refractivity (Wildman–Crippen MR) is 42.4 cm³/mol. The molecule has 0 aliphatic carbocycles. The average Bonchev–Trinajstić information content (AvgIpc) is 0.722. The van der Waals surface area contributed by atoms with Crippen LogP contribution in [0.5, 0.6) is 0 Å². The number of rotatable bonds is 0. The van der Waals surface area contributed by atoms with Gasteiger partial charge in [0.1, 0.15) is 0 Å². The highest BCUT2D eigenvalue weighted by Crippen LogP contribution is 2.56. The summed E-state index contributed by atoms with van der Waals surface area (Å²) in [4.78, 5) is 0. The Bertz CT molecular complexity index is 25.1. The van der Waals surface area contributed by atoms with E-state index in [1.165, 1.54) is 0 Å². The van der Waals surface area contributed by atoms with Gasteiger partial charge in [0.25, 0.3) is 0 Å². The normalized spacial score (nSPS) is 15.2. The largest absolute Gasteiger partial charge is 0.135 e. The summed E-state index contributed by atoms with van der Waals surface area (Å²) in [5.41, 5.74) is -0.384. The van der Waals surface area contributed by atoms with Crippen LogP contribution in [-0.4, -0.2) is 12.5 Å². The van der Waals surface area contributed by atoms with Crippen LogP contribution in [0.25, 0.3) is 0 Å². The molecule has 0 saturated heterocycles. The van der Waals surface area contributed by atoms with Crippen LogP contribution in [-0.2, 0) is 0 Å². The second-order valence-corrected chi connectivity index (χ2v) is 18.3. The van der Waals surface area contributed by atoms with Gasteiger partial charge in [-0.25, -0.2) is 0 Å². The minimum Gasteiger partial charge on any atom is -0.135 e. The molecule has 0 aliphatic rings. The van der Waals surface area contributed by atoms with Crippen molar-refractivity contribution in [2.45, 2.75) is 0 Å². The first-order valence-electron chi connectivity index (χ1n) is 1.13. The molecule has 0 saturated carbocycles. The van der Waals surface area contributed by atoms with Crippen molar-refractivity contribution in [2.75, 3.05) is 12.5 Å². The molecular formula is C2H6BrIS. The zero-order chi connectivity index (χ0) is 4.50. The van der Waals surface area contributed by atoms with Gasteiger partial charge in [-0.05, 0) is 48.5 Å². The van der Waals surface area contributed by atoms with Crippen molar-refractivity contribution in [1.82, 2.24) is 0 Å². The van der Waals surface area contributed by atoms with Crippen LogP contribution in [0.15, 0.2) is 0 Å². The van der Waals surface area contributed by atoms with Gasteiger partial charge in [-0.3, -0.25) is 0 Å². The molecule has 0 aromatic heterocycles. The quantitative estimate of drug-likeness (QED) is 0.593. The van der Waals surface area contributed by atoms with Gasteiger partial charge in [-0.15, -0.1) is 5.63 Å². The topological polar surface area (TPSA) is 0 Å². The van der Waals surface area contributed by atoms with Crippen LogP contribution < -0.4 is 0 Å². The van der Waals surface area contributed by atoms with Gasteiger partial charge >= 0.3 is 0 Å². The van der Waals surface area contributed by atoms with E-state index in [4.69, 9.17) is 0 Å². The number of halogens is 2. The Morgan fingerprint density at radius 1 is 1.60 bits per heavy atom. The van der Waals surface area contributed by atoms with Crippen LogP contribution in [0.2, 0.25) is 0 Å². The monoisotopic (exact) mass is 268 g/mol. The molecule has 0 amide bonds. The number of hydrogen-bond acceptors (Lipinski definition) is 0. The fourth-order valence-electron chi connectivity index (χ4n) is 0. The summed E-state index contributed by atoms with van der Waals surface area (Å²) in [6.07, 6.45) is 4.35. The highest BCUT2D eigenvalue weighted by molar-refractivity contribution is 14.2. The van der Waals surface area contributed by atoms with Crippen LogP contribution in [0, 0.1) is 0 Å². The third-order valence-corrected chi connectivity index (χ3v) is 0. The van der Waals surface area contributed by atoms with E-state index in [2.05, 4.69) is 48.5 Å². The summed E-state index contributed by atoms with van der Waals surface area (Å²) in [5, 5.41) is 0. The van der Waals surface area contributed by atoms with Crippen LogP contribution in [0.4, 0.5) is 0 Å². The van der Waals surface area contributed by atoms with Gasteiger partial charge in [-0.2, -0.15) is 0 Å². The van der Waals surface area contributed by atoms with Gasteiger partial charge < -0.3 is 0 Å². The van der Waals surface area contributed by atoms with Crippen molar-refractivity contribution in [2.24, 2.45) is 0 Å². The Morgan fingerprint density at radius 3 is 1.60 bits per heavy atom. The summed E-state index contributed by atoms with van der Waals surface area (Å²) in [5.74, 6) is 0. The second-order valence-electron chi connectivity index (χ2n) is 1.08. The predicted octanol–water partition coefficient (Wildman–Crippen LogP) is 2.71. The lowest BCUT2D eigenvalue weighted by molar-refractivity contribution is 2.35. The minimum absolute atomic E-state index is 0.384. The third-order valence-electron chi connectivity index (χ3n) is 0. The molecule has 0 bridgehead atoms. The van der Waals surface area contributed by atoms with E-state index >= 15 is 0 Å². The average molecular weight is 269 g/mol. The van der Waals surface area contributed by atoms with Crippen molar-refractivity contribution >= 4 is 41.7 Å². The van der Waals surface area contributed by atoms with Crippen LogP contribution in [0.3, 0.4) is 0 Å². The maximum atomic E-state index is 3.44. The van der Waals surface area contributed by atoms with Crippen molar-refractivity contribution in [3.8, 4) is 0 Å². The van der Waals surface area contributed by atoms with E-state index in [1.54, 1.807) is 0 Å². The Hall–Kier alpha value is 1.56. The molecule has 34 valence electrons. The molecule has 0 heterocycles. The molecule has 0 aromatic carbocycles. The van der Waals surface area contributed by atoms with Gasteiger partial charge in [-0.1, -0.05) is 0 Å². The SMILES string of the molecule is CS(C)(Br)I. The fourth-order valence-corrected chi connectivity index (χ4v) is 0. The lowest BCUT2D eigenvalue weighted by Crippen LogP contribution is -1.60. The van der Waals surface area contributed by atoms with Gasteiger partial charge in [0.05, 0.1) is 0 Å². The summed E-state index contributed by atoms with van der Waals surface area (Å²) in [6, 6.07) is 0. The minimum atomic E-state index is -0.384. The molecular weight excluding hydrogens is 263 g/mol. The van der Waals surface area contributed by atoms with E-state index in [1.807, 2.05) is 0 Å². The van der Waals surface area contributed by atoms with Crippen molar-refractivity contribution < 1.29 is 0 Å². The maximum Gasteiger partial charge on any atom is -0.0149 e. The maximum absolute atomic E-state index is 3.44. The Labute approximate surface area is 53.8 Å². The lowest BCUT2D eigenvalue weighted by Gasteiger charge is -2.08. The van der Waals surface area contributed by atoms with Crippen LogP contribution in [0.1, 0.15) is 0 Å². The zero-order valence-electron chi connectivity index (χ0n) is 3.16. The van der Waals surface area contributed by atoms with E-state index in [0.29, 0.717) is 0 Å². The molecule has 0 atom stereocenters. The molecule has 0 N–H and O–H groups in total.